The fraction of sp³-hybridized carbons (Fsp3) is 0.846. The minimum Gasteiger partial charge on any atom is -0.481 e. The highest BCUT2D eigenvalue weighted by Crippen LogP contribution is 2.40. The zero-order valence-corrected chi connectivity index (χ0v) is 11.5. The van der Waals surface area contributed by atoms with E-state index < -0.39 is 11.4 Å². The predicted octanol–water partition coefficient (Wildman–Crippen LogP) is 2.07. The summed E-state index contributed by atoms with van der Waals surface area (Å²) in [6.07, 6.45) is 3.16. The van der Waals surface area contributed by atoms with Gasteiger partial charge in [0.15, 0.2) is 0 Å². The molecule has 0 aromatic heterocycles. The second-order valence-electron chi connectivity index (χ2n) is 5.14. The minimum atomic E-state index is -0.791. The first-order chi connectivity index (χ1) is 8.46. The molecule has 104 valence electrons. The van der Waals surface area contributed by atoms with Crippen LogP contribution < -0.4 is 5.32 Å². The van der Waals surface area contributed by atoms with E-state index >= 15 is 0 Å². The highest BCUT2D eigenvalue weighted by Gasteiger charge is 2.44. The van der Waals surface area contributed by atoms with E-state index in [2.05, 4.69) is 5.32 Å². The van der Waals surface area contributed by atoms with Crippen molar-refractivity contribution >= 4 is 12.0 Å². The third-order valence-corrected chi connectivity index (χ3v) is 4.07. The van der Waals surface area contributed by atoms with E-state index in [4.69, 9.17) is 0 Å². The average molecular weight is 256 g/mol. The van der Waals surface area contributed by atoms with Gasteiger partial charge in [0.25, 0.3) is 0 Å². The summed E-state index contributed by atoms with van der Waals surface area (Å²) in [5, 5.41) is 12.0. The fourth-order valence-corrected chi connectivity index (χ4v) is 2.29. The quantitative estimate of drug-likeness (QED) is 0.764. The molecule has 1 fully saturated rings. The molecule has 0 aromatic carbocycles. The molecule has 0 saturated heterocycles. The normalized spacial score (nSPS) is 18.6. The second-order valence-corrected chi connectivity index (χ2v) is 5.14. The molecule has 0 heterocycles. The number of rotatable bonds is 6. The molecule has 1 atom stereocenters. The number of hydrogen-bond acceptors (Lipinski definition) is 2. The molecule has 18 heavy (non-hydrogen) atoms. The second kappa shape index (κ2) is 6.07. The van der Waals surface area contributed by atoms with Crippen molar-refractivity contribution in [1.82, 2.24) is 10.2 Å². The highest BCUT2D eigenvalue weighted by atomic mass is 16.4. The molecule has 0 bridgehead atoms. The monoisotopic (exact) mass is 256 g/mol. The van der Waals surface area contributed by atoms with Gasteiger partial charge < -0.3 is 15.3 Å². The van der Waals surface area contributed by atoms with Crippen molar-refractivity contribution in [2.45, 2.75) is 52.5 Å². The van der Waals surface area contributed by atoms with Gasteiger partial charge in [-0.15, -0.1) is 0 Å². The molecule has 1 saturated carbocycles. The maximum absolute atomic E-state index is 12.0. The standard InChI is InChI=1S/C13H24N2O3/c1-4-10(3)15(5-2)12(18)14-9-13(11(16)17)7-6-8-13/h10H,4-9H2,1-3H3,(H,14,18)(H,16,17). The SMILES string of the molecule is CCC(C)N(CC)C(=O)NCC1(C(=O)O)CCC1. The van der Waals surface area contributed by atoms with Gasteiger partial charge in [-0.3, -0.25) is 4.79 Å². The first-order valence-electron chi connectivity index (χ1n) is 6.74. The van der Waals surface area contributed by atoms with Crippen LogP contribution in [-0.4, -0.2) is 41.1 Å². The van der Waals surface area contributed by atoms with Crippen LogP contribution >= 0.6 is 0 Å². The van der Waals surface area contributed by atoms with Crippen molar-refractivity contribution in [3.63, 3.8) is 0 Å². The lowest BCUT2D eigenvalue weighted by Crippen LogP contribution is -2.52. The van der Waals surface area contributed by atoms with Crippen molar-refractivity contribution in [2.24, 2.45) is 5.41 Å². The summed E-state index contributed by atoms with van der Waals surface area (Å²) in [6.45, 7) is 6.85. The number of nitrogens with zero attached hydrogens (tertiary/aromatic N) is 1. The van der Waals surface area contributed by atoms with E-state index in [0.29, 0.717) is 19.4 Å². The Morgan fingerprint density at radius 3 is 2.33 bits per heavy atom. The number of nitrogens with one attached hydrogen (secondary N) is 1. The summed E-state index contributed by atoms with van der Waals surface area (Å²) in [6, 6.07) is 0.0246. The summed E-state index contributed by atoms with van der Waals surface area (Å²) < 4.78 is 0. The zero-order valence-electron chi connectivity index (χ0n) is 11.5. The van der Waals surface area contributed by atoms with Gasteiger partial charge in [-0.25, -0.2) is 4.79 Å². The van der Waals surface area contributed by atoms with E-state index in [1.807, 2.05) is 20.8 Å². The summed E-state index contributed by atoms with van der Waals surface area (Å²) in [7, 11) is 0. The molecule has 5 heteroatoms. The highest BCUT2D eigenvalue weighted by molar-refractivity contribution is 5.79. The van der Waals surface area contributed by atoms with Crippen LogP contribution in [0.4, 0.5) is 4.79 Å². The molecule has 1 aliphatic carbocycles. The van der Waals surface area contributed by atoms with E-state index in [-0.39, 0.29) is 18.6 Å². The number of carboxylic acids is 1. The molecule has 2 amide bonds. The number of urea groups is 1. The van der Waals surface area contributed by atoms with Crippen LogP contribution in [-0.2, 0) is 4.79 Å². The van der Waals surface area contributed by atoms with Crippen LogP contribution in [0.2, 0.25) is 0 Å². The first kappa shape index (κ1) is 14.8. The predicted molar refractivity (Wildman–Crippen MR) is 69.5 cm³/mol. The minimum absolute atomic E-state index is 0.153. The molecular formula is C13H24N2O3. The van der Waals surface area contributed by atoms with Gasteiger partial charge in [0.1, 0.15) is 0 Å². The summed E-state index contributed by atoms with van der Waals surface area (Å²) >= 11 is 0. The van der Waals surface area contributed by atoms with Crippen LogP contribution in [0.15, 0.2) is 0 Å². The van der Waals surface area contributed by atoms with Gasteiger partial charge >= 0.3 is 12.0 Å². The van der Waals surface area contributed by atoms with Gasteiger partial charge in [0, 0.05) is 19.1 Å². The lowest BCUT2D eigenvalue weighted by Gasteiger charge is -2.38. The third kappa shape index (κ3) is 2.94. The lowest BCUT2D eigenvalue weighted by molar-refractivity contribution is -0.153. The van der Waals surface area contributed by atoms with Crippen LogP contribution in [0.3, 0.4) is 0 Å². The van der Waals surface area contributed by atoms with Crippen LogP contribution in [0.5, 0.6) is 0 Å². The van der Waals surface area contributed by atoms with Crippen molar-refractivity contribution in [1.29, 1.82) is 0 Å². The van der Waals surface area contributed by atoms with Crippen molar-refractivity contribution in [3.8, 4) is 0 Å². The Bertz CT molecular complexity index is 313. The largest absolute Gasteiger partial charge is 0.481 e. The number of carboxylic acid groups (broad SMARTS) is 1. The molecular weight excluding hydrogens is 232 g/mol. The maximum atomic E-state index is 12.0. The van der Waals surface area contributed by atoms with Crippen LogP contribution in [0, 0.1) is 5.41 Å². The Kier molecular flexibility index (Phi) is 4.99. The van der Waals surface area contributed by atoms with E-state index in [9.17, 15) is 14.7 Å². The number of amides is 2. The van der Waals surface area contributed by atoms with Gasteiger partial charge in [-0.05, 0) is 33.1 Å². The van der Waals surface area contributed by atoms with Crippen molar-refractivity contribution in [3.05, 3.63) is 0 Å². The zero-order chi connectivity index (χ0) is 13.8. The number of aliphatic carboxylic acids is 1. The Morgan fingerprint density at radius 2 is 2.00 bits per heavy atom. The molecule has 1 unspecified atom stereocenters. The third-order valence-electron chi connectivity index (χ3n) is 4.07. The number of hydrogen-bond donors (Lipinski definition) is 2. The van der Waals surface area contributed by atoms with Gasteiger partial charge in [-0.2, -0.15) is 0 Å². The molecule has 1 rings (SSSR count). The van der Waals surface area contributed by atoms with E-state index in [1.165, 1.54) is 0 Å². The summed E-state index contributed by atoms with van der Waals surface area (Å²) in [5.41, 5.74) is -0.718. The smallest absolute Gasteiger partial charge is 0.317 e. The first-order valence-corrected chi connectivity index (χ1v) is 6.74. The molecule has 5 nitrogen and oxygen atoms in total. The Hall–Kier alpha value is -1.26. The fourth-order valence-electron chi connectivity index (χ4n) is 2.29. The molecule has 0 spiro atoms. The Balaban J connectivity index is 2.51. The molecule has 0 aromatic rings. The molecule has 1 aliphatic rings. The maximum Gasteiger partial charge on any atom is 0.317 e. The number of carbonyl (C=O) groups excluding carboxylic acids is 1. The van der Waals surface area contributed by atoms with E-state index in [0.717, 1.165) is 12.8 Å². The van der Waals surface area contributed by atoms with Gasteiger partial charge in [0.05, 0.1) is 5.41 Å². The molecule has 0 aliphatic heterocycles. The van der Waals surface area contributed by atoms with Crippen molar-refractivity contribution < 1.29 is 14.7 Å². The lowest BCUT2D eigenvalue weighted by atomic mass is 9.69. The van der Waals surface area contributed by atoms with Gasteiger partial charge in [0.2, 0.25) is 0 Å². The Labute approximate surface area is 109 Å². The van der Waals surface area contributed by atoms with Crippen LogP contribution in [0.25, 0.3) is 0 Å². The number of carbonyl (C=O) groups is 2. The van der Waals surface area contributed by atoms with Crippen LogP contribution in [0.1, 0.15) is 46.5 Å². The summed E-state index contributed by atoms with van der Waals surface area (Å²) in [5.74, 6) is -0.791. The topological polar surface area (TPSA) is 69.6 Å². The Morgan fingerprint density at radius 1 is 1.39 bits per heavy atom. The van der Waals surface area contributed by atoms with Crippen molar-refractivity contribution in [2.75, 3.05) is 13.1 Å². The van der Waals surface area contributed by atoms with Gasteiger partial charge in [-0.1, -0.05) is 13.3 Å². The van der Waals surface area contributed by atoms with E-state index in [1.54, 1.807) is 4.90 Å². The molecule has 2 N–H and O–H groups in total. The molecule has 0 radical (unpaired) electrons. The average Bonchev–Trinajstić information content (AvgIpc) is 2.27. The summed E-state index contributed by atoms with van der Waals surface area (Å²) in [4.78, 5) is 24.9.